The summed E-state index contributed by atoms with van der Waals surface area (Å²) >= 11 is 0. The number of amides is 1. The van der Waals surface area contributed by atoms with Crippen molar-refractivity contribution in [3.8, 4) is 5.75 Å². The average molecular weight is 260 g/mol. The quantitative estimate of drug-likeness (QED) is 0.771. The van der Waals surface area contributed by atoms with E-state index in [1.807, 2.05) is 24.3 Å². The minimum atomic E-state index is -0.301. The summed E-state index contributed by atoms with van der Waals surface area (Å²) in [7, 11) is 1.60. The molecule has 6 nitrogen and oxygen atoms in total. The number of nitrogens with one attached hydrogen (secondary N) is 2. The lowest BCUT2D eigenvalue weighted by molar-refractivity contribution is 0.0946. The van der Waals surface area contributed by atoms with E-state index < -0.39 is 0 Å². The van der Waals surface area contributed by atoms with Crippen molar-refractivity contribution in [1.82, 2.24) is 15.5 Å². The van der Waals surface area contributed by atoms with Crippen LogP contribution in [0.3, 0.4) is 0 Å². The van der Waals surface area contributed by atoms with E-state index in [0.29, 0.717) is 17.9 Å². The smallest absolute Gasteiger partial charge is 0.274 e. The molecule has 0 aliphatic heterocycles. The van der Waals surface area contributed by atoms with Crippen molar-refractivity contribution in [2.45, 2.75) is 13.5 Å². The summed E-state index contributed by atoms with van der Waals surface area (Å²) in [5.41, 5.74) is 7.97. The van der Waals surface area contributed by atoms with Crippen LogP contribution >= 0.6 is 0 Å². The SMILES string of the molecule is COc1cccc(CNC(=O)c2n[nH]c(C)c2N)c1. The van der Waals surface area contributed by atoms with Crippen LogP contribution in [-0.2, 0) is 6.54 Å². The van der Waals surface area contributed by atoms with Crippen molar-refractivity contribution in [2.24, 2.45) is 0 Å². The number of aryl methyl sites for hydroxylation is 1. The molecule has 19 heavy (non-hydrogen) atoms. The maximum atomic E-state index is 11.9. The van der Waals surface area contributed by atoms with Gasteiger partial charge in [0.1, 0.15) is 5.75 Å². The first-order chi connectivity index (χ1) is 9.11. The highest BCUT2D eigenvalue weighted by atomic mass is 16.5. The van der Waals surface area contributed by atoms with Gasteiger partial charge in [0, 0.05) is 6.54 Å². The summed E-state index contributed by atoms with van der Waals surface area (Å²) in [4.78, 5) is 11.9. The summed E-state index contributed by atoms with van der Waals surface area (Å²) in [6.45, 7) is 2.16. The van der Waals surface area contributed by atoms with Gasteiger partial charge in [-0.25, -0.2) is 0 Å². The number of H-pyrrole nitrogens is 1. The molecule has 0 fully saturated rings. The van der Waals surface area contributed by atoms with Crippen LogP contribution in [0.15, 0.2) is 24.3 Å². The standard InChI is InChI=1S/C13H16N4O2/c1-8-11(14)12(17-16-8)13(18)15-7-9-4-3-5-10(6-9)19-2/h3-6H,7,14H2,1-2H3,(H,15,18)(H,16,17). The van der Waals surface area contributed by atoms with Gasteiger partial charge in [-0.2, -0.15) is 5.10 Å². The van der Waals surface area contributed by atoms with E-state index in [-0.39, 0.29) is 11.6 Å². The van der Waals surface area contributed by atoms with Gasteiger partial charge < -0.3 is 15.8 Å². The fraction of sp³-hybridized carbons (Fsp3) is 0.231. The molecule has 0 aliphatic carbocycles. The van der Waals surface area contributed by atoms with Gasteiger partial charge in [0.2, 0.25) is 0 Å². The van der Waals surface area contributed by atoms with E-state index in [0.717, 1.165) is 11.3 Å². The minimum absolute atomic E-state index is 0.223. The fourth-order valence-corrected chi connectivity index (χ4v) is 1.66. The number of ether oxygens (including phenoxy) is 1. The Kier molecular flexibility index (Phi) is 3.70. The maximum absolute atomic E-state index is 11.9. The number of aromatic amines is 1. The lowest BCUT2D eigenvalue weighted by atomic mass is 10.2. The van der Waals surface area contributed by atoms with Gasteiger partial charge in [0.25, 0.3) is 5.91 Å². The number of nitrogens with zero attached hydrogens (tertiary/aromatic N) is 1. The number of rotatable bonds is 4. The molecule has 4 N–H and O–H groups in total. The lowest BCUT2D eigenvalue weighted by Gasteiger charge is -2.06. The molecular formula is C13H16N4O2. The number of methoxy groups -OCH3 is 1. The first kappa shape index (κ1) is 12.9. The second-order valence-corrected chi connectivity index (χ2v) is 4.15. The Bertz CT molecular complexity index is 592. The van der Waals surface area contributed by atoms with Gasteiger partial charge >= 0.3 is 0 Å². The Hall–Kier alpha value is -2.50. The molecule has 1 amide bonds. The van der Waals surface area contributed by atoms with Crippen LogP contribution in [0.1, 0.15) is 21.7 Å². The van der Waals surface area contributed by atoms with Crippen molar-refractivity contribution in [2.75, 3.05) is 12.8 Å². The Balaban J connectivity index is 2.02. The second kappa shape index (κ2) is 5.43. The lowest BCUT2D eigenvalue weighted by Crippen LogP contribution is -2.24. The first-order valence-electron chi connectivity index (χ1n) is 5.83. The van der Waals surface area contributed by atoms with E-state index >= 15 is 0 Å². The Labute approximate surface area is 111 Å². The van der Waals surface area contributed by atoms with E-state index in [9.17, 15) is 4.79 Å². The molecule has 100 valence electrons. The fourth-order valence-electron chi connectivity index (χ4n) is 1.66. The van der Waals surface area contributed by atoms with Gasteiger partial charge in [0.05, 0.1) is 18.5 Å². The predicted octanol–water partition coefficient (Wildman–Crippen LogP) is 1.24. The van der Waals surface area contributed by atoms with E-state index in [4.69, 9.17) is 10.5 Å². The molecule has 1 heterocycles. The van der Waals surface area contributed by atoms with Crippen molar-refractivity contribution in [3.63, 3.8) is 0 Å². The van der Waals surface area contributed by atoms with Crippen LogP contribution in [0.4, 0.5) is 5.69 Å². The molecule has 0 radical (unpaired) electrons. The van der Waals surface area contributed by atoms with Crippen LogP contribution in [0, 0.1) is 6.92 Å². The molecule has 0 saturated heterocycles. The normalized spacial score (nSPS) is 10.2. The zero-order chi connectivity index (χ0) is 13.8. The highest BCUT2D eigenvalue weighted by Crippen LogP contribution is 2.14. The predicted molar refractivity (Wildman–Crippen MR) is 71.9 cm³/mol. The van der Waals surface area contributed by atoms with Crippen molar-refractivity contribution in [1.29, 1.82) is 0 Å². The highest BCUT2D eigenvalue weighted by molar-refractivity contribution is 5.97. The van der Waals surface area contributed by atoms with Crippen LogP contribution in [-0.4, -0.2) is 23.2 Å². The molecule has 2 aromatic rings. The number of benzene rings is 1. The van der Waals surface area contributed by atoms with E-state index in [2.05, 4.69) is 15.5 Å². The third-order valence-electron chi connectivity index (χ3n) is 2.80. The third-order valence-corrected chi connectivity index (χ3v) is 2.80. The van der Waals surface area contributed by atoms with E-state index in [1.165, 1.54) is 0 Å². The third kappa shape index (κ3) is 2.85. The number of carbonyl (C=O) groups excluding carboxylic acids is 1. The largest absolute Gasteiger partial charge is 0.497 e. The van der Waals surface area contributed by atoms with Gasteiger partial charge in [0.15, 0.2) is 5.69 Å². The molecule has 0 spiro atoms. The summed E-state index contributed by atoms with van der Waals surface area (Å²) in [6, 6.07) is 7.48. The number of nitrogens with two attached hydrogens (primary N) is 1. The topological polar surface area (TPSA) is 93.0 Å². The number of anilines is 1. The molecule has 0 bridgehead atoms. The molecule has 0 saturated carbocycles. The second-order valence-electron chi connectivity index (χ2n) is 4.15. The number of aromatic nitrogens is 2. The monoisotopic (exact) mass is 260 g/mol. The minimum Gasteiger partial charge on any atom is -0.497 e. The Morgan fingerprint density at radius 3 is 2.95 bits per heavy atom. The van der Waals surface area contributed by atoms with Crippen LogP contribution in [0.25, 0.3) is 0 Å². The van der Waals surface area contributed by atoms with Crippen LogP contribution in [0.2, 0.25) is 0 Å². The van der Waals surface area contributed by atoms with Gasteiger partial charge in [-0.3, -0.25) is 9.89 Å². The van der Waals surface area contributed by atoms with Crippen LogP contribution in [0.5, 0.6) is 5.75 Å². The summed E-state index contributed by atoms with van der Waals surface area (Å²) < 4.78 is 5.12. The number of hydrogen-bond donors (Lipinski definition) is 3. The van der Waals surface area contributed by atoms with Gasteiger partial charge in [-0.05, 0) is 24.6 Å². The zero-order valence-electron chi connectivity index (χ0n) is 10.9. The molecule has 2 rings (SSSR count). The molecular weight excluding hydrogens is 244 g/mol. The summed E-state index contributed by atoms with van der Waals surface area (Å²) in [5, 5.41) is 9.32. The maximum Gasteiger partial charge on any atom is 0.274 e. The molecule has 0 unspecified atom stereocenters. The van der Waals surface area contributed by atoms with Crippen LogP contribution < -0.4 is 15.8 Å². The Morgan fingerprint density at radius 2 is 2.32 bits per heavy atom. The Morgan fingerprint density at radius 1 is 1.53 bits per heavy atom. The average Bonchev–Trinajstić information content (AvgIpc) is 2.77. The van der Waals surface area contributed by atoms with Gasteiger partial charge in [-0.15, -0.1) is 0 Å². The molecule has 6 heteroatoms. The number of hydrogen-bond acceptors (Lipinski definition) is 4. The highest BCUT2D eigenvalue weighted by Gasteiger charge is 2.14. The first-order valence-corrected chi connectivity index (χ1v) is 5.83. The molecule has 0 atom stereocenters. The summed E-state index contributed by atoms with van der Waals surface area (Å²) in [6.07, 6.45) is 0. The molecule has 1 aromatic carbocycles. The number of carbonyl (C=O) groups is 1. The number of nitrogen functional groups attached to an aromatic ring is 1. The van der Waals surface area contributed by atoms with Gasteiger partial charge in [-0.1, -0.05) is 12.1 Å². The van der Waals surface area contributed by atoms with Crippen molar-refractivity contribution < 1.29 is 9.53 Å². The zero-order valence-corrected chi connectivity index (χ0v) is 10.9. The van der Waals surface area contributed by atoms with Crippen molar-refractivity contribution >= 4 is 11.6 Å². The molecule has 0 aliphatic rings. The summed E-state index contributed by atoms with van der Waals surface area (Å²) in [5.74, 6) is 0.451. The van der Waals surface area contributed by atoms with Crippen molar-refractivity contribution in [3.05, 3.63) is 41.2 Å². The van der Waals surface area contributed by atoms with E-state index in [1.54, 1.807) is 14.0 Å². The molecule has 1 aromatic heterocycles.